The molecule has 0 radical (unpaired) electrons. The number of aryl methyl sites for hydroxylation is 2. The number of aliphatic hydroxyl groups is 1. The Morgan fingerprint density at radius 2 is 1.56 bits per heavy atom. The Morgan fingerprint density at radius 3 is 2.09 bits per heavy atom. The summed E-state index contributed by atoms with van der Waals surface area (Å²) in [4.78, 5) is 42.7. The highest BCUT2D eigenvalue weighted by Crippen LogP contribution is 2.40. The van der Waals surface area contributed by atoms with Crippen molar-refractivity contribution in [3.05, 3.63) is 94.8 Å². The minimum absolute atomic E-state index is 0.162. The van der Waals surface area contributed by atoms with Gasteiger partial charge < -0.3 is 20.6 Å². The maximum absolute atomic E-state index is 14.8. The van der Waals surface area contributed by atoms with Gasteiger partial charge in [0.25, 0.3) is 5.52 Å². The van der Waals surface area contributed by atoms with Gasteiger partial charge in [-0.3, -0.25) is 14.2 Å². The molecule has 7 nitrogen and oxygen atoms in total. The number of nitrogens with two attached hydrogens (primary N) is 1. The van der Waals surface area contributed by atoms with Crippen LogP contribution in [0.25, 0.3) is 11.1 Å². The summed E-state index contributed by atoms with van der Waals surface area (Å²) < 4.78 is 26.1. The summed E-state index contributed by atoms with van der Waals surface area (Å²) in [5, 5.41) is 9.41. The van der Waals surface area contributed by atoms with Gasteiger partial charge in [-0.2, -0.15) is 0 Å². The first-order chi connectivity index (χ1) is 15.9. The van der Waals surface area contributed by atoms with E-state index in [2.05, 4.69) is 0 Å². The first-order valence-electron chi connectivity index (χ1n) is 10.4. The Labute approximate surface area is 196 Å². The molecule has 34 heavy (non-hydrogen) atoms. The number of aliphatic hydroxyl groups excluding tert-OH is 1. The van der Waals surface area contributed by atoms with Crippen LogP contribution >= 0.6 is 7.60 Å². The van der Waals surface area contributed by atoms with E-state index < -0.39 is 31.1 Å². The van der Waals surface area contributed by atoms with E-state index in [9.17, 15) is 23.7 Å². The summed E-state index contributed by atoms with van der Waals surface area (Å²) in [5.74, 6) is -0.834. The Kier molecular flexibility index (Phi) is 7.60. The minimum Gasteiger partial charge on any atom is -0.394 e. The van der Waals surface area contributed by atoms with Crippen molar-refractivity contribution in [1.29, 1.82) is 0 Å². The van der Waals surface area contributed by atoms with Gasteiger partial charge in [-0.15, -0.1) is 0 Å². The van der Waals surface area contributed by atoms with Crippen LogP contribution in [-0.4, -0.2) is 38.3 Å². The molecule has 0 bridgehead atoms. The number of halogens is 1. The molecule has 0 aliphatic rings. The van der Waals surface area contributed by atoms with Crippen molar-refractivity contribution in [3.63, 3.8) is 0 Å². The maximum atomic E-state index is 14.8. The summed E-state index contributed by atoms with van der Waals surface area (Å²) in [6.45, 7) is 1.00. The Balaban J connectivity index is 1.74. The summed E-state index contributed by atoms with van der Waals surface area (Å²) in [6, 6.07) is 17.9. The molecule has 0 spiro atoms. The van der Waals surface area contributed by atoms with Crippen molar-refractivity contribution in [3.8, 4) is 11.1 Å². The summed E-state index contributed by atoms with van der Waals surface area (Å²) in [5.41, 5.74) is 5.41. The molecule has 0 saturated heterocycles. The van der Waals surface area contributed by atoms with Gasteiger partial charge in [-0.1, -0.05) is 66.2 Å². The fourth-order valence-corrected chi connectivity index (χ4v) is 4.29. The van der Waals surface area contributed by atoms with Crippen molar-refractivity contribution >= 4 is 18.9 Å². The third-order valence-corrected chi connectivity index (χ3v) is 6.62. The SMILES string of the molecule is Cc1ccc(C(=O)c2ccc(-c3ccc(CCC(N)(CO)C(=O)P(=O)(O)O)cc3)c(F)c2)cc1. The van der Waals surface area contributed by atoms with E-state index in [4.69, 9.17) is 15.5 Å². The highest BCUT2D eigenvalue weighted by molar-refractivity contribution is 7.70. The lowest BCUT2D eigenvalue weighted by Gasteiger charge is -2.25. The second kappa shape index (κ2) is 10.1. The van der Waals surface area contributed by atoms with Crippen molar-refractivity contribution in [1.82, 2.24) is 0 Å². The lowest BCUT2D eigenvalue weighted by atomic mass is 9.93. The van der Waals surface area contributed by atoms with Gasteiger partial charge in [0.1, 0.15) is 11.4 Å². The van der Waals surface area contributed by atoms with Gasteiger partial charge in [0.15, 0.2) is 5.78 Å². The molecule has 9 heteroatoms. The van der Waals surface area contributed by atoms with Gasteiger partial charge in [0.05, 0.1) is 6.61 Å². The molecule has 0 heterocycles. The van der Waals surface area contributed by atoms with Crippen LogP contribution in [0.15, 0.2) is 66.7 Å². The fourth-order valence-electron chi connectivity index (χ4n) is 3.52. The average Bonchev–Trinajstić information content (AvgIpc) is 2.82. The van der Waals surface area contributed by atoms with Crippen LogP contribution in [0, 0.1) is 12.7 Å². The van der Waals surface area contributed by atoms with E-state index >= 15 is 0 Å². The van der Waals surface area contributed by atoms with E-state index in [0.29, 0.717) is 22.3 Å². The fraction of sp³-hybridized carbons (Fsp3) is 0.200. The molecule has 1 unspecified atom stereocenters. The van der Waals surface area contributed by atoms with Crippen LogP contribution in [0.3, 0.4) is 0 Å². The van der Waals surface area contributed by atoms with E-state index in [0.717, 1.165) is 5.56 Å². The first kappa shape index (κ1) is 25.6. The van der Waals surface area contributed by atoms with Crippen molar-refractivity contribution in [2.24, 2.45) is 5.73 Å². The van der Waals surface area contributed by atoms with Crippen molar-refractivity contribution < 1.29 is 33.4 Å². The number of ketones is 1. The van der Waals surface area contributed by atoms with Gasteiger partial charge in [-0.25, -0.2) is 4.39 Å². The number of rotatable bonds is 9. The lowest BCUT2D eigenvalue weighted by Crippen LogP contribution is -2.51. The zero-order chi connectivity index (χ0) is 25.1. The van der Waals surface area contributed by atoms with Crippen molar-refractivity contribution in [2.45, 2.75) is 25.3 Å². The molecule has 1 atom stereocenters. The summed E-state index contributed by atoms with van der Waals surface area (Å²) in [7, 11) is -5.09. The monoisotopic (exact) mass is 485 g/mol. The van der Waals surface area contributed by atoms with Crippen LogP contribution in [-0.2, 0) is 15.8 Å². The van der Waals surface area contributed by atoms with Crippen LogP contribution in [0.4, 0.5) is 4.39 Å². The van der Waals surface area contributed by atoms with E-state index in [1.54, 1.807) is 42.5 Å². The number of carbonyl (C=O) groups excluding carboxylic acids is 2. The highest BCUT2D eigenvalue weighted by atomic mass is 31.2. The Morgan fingerprint density at radius 1 is 0.971 bits per heavy atom. The van der Waals surface area contributed by atoms with E-state index in [1.165, 1.54) is 12.1 Å². The Bertz CT molecular complexity index is 1250. The standard InChI is InChI=1S/C25H25FNO6P/c1-16-2-6-19(7-3-16)23(29)20-10-11-21(22(26)14-20)18-8-4-17(5-9-18)12-13-25(27,15-28)24(30)34(31,32)33/h2-11,14,28H,12-13,15,27H2,1H3,(H2,31,32,33). The highest BCUT2D eigenvalue weighted by Gasteiger charge is 2.43. The minimum atomic E-state index is -5.09. The second-order valence-corrected chi connectivity index (χ2v) is 9.74. The average molecular weight is 485 g/mol. The summed E-state index contributed by atoms with van der Waals surface area (Å²) in [6.07, 6.45) is -0.0213. The van der Waals surface area contributed by atoms with Crippen molar-refractivity contribution in [2.75, 3.05) is 6.61 Å². The molecule has 0 aliphatic carbocycles. The zero-order valence-corrected chi connectivity index (χ0v) is 19.3. The molecule has 0 amide bonds. The molecular formula is C25H25FNO6P. The largest absolute Gasteiger partial charge is 0.394 e. The number of hydrogen-bond acceptors (Lipinski definition) is 5. The number of hydrogen-bond donors (Lipinski definition) is 4. The molecule has 5 N–H and O–H groups in total. The van der Waals surface area contributed by atoms with Crippen LogP contribution in [0.5, 0.6) is 0 Å². The third kappa shape index (κ3) is 5.73. The molecular weight excluding hydrogens is 460 g/mol. The molecule has 0 saturated carbocycles. The van der Waals surface area contributed by atoms with E-state index in [1.807, 2.05) is 19.1 Å². The van der Waals surface area contributed by atoms with Crippen LogP contribution in [0.1, 0.15) is 33.5 Å². The Hall–Kier alpha value is -3.00. The van der Waals surface area contributed by atoms with Crippen LogP contribution < -0.4 is 5.73 Å². The van der Waals surface area contributed by atoms with Gasteiger partial charge >= 0.3 is 7.60 Å². The molecule has 178 valence electrons. The van der Waals surface area contributed by atoms with Gasteiger partial charge in [0, 0.05) is 16.7 Å². The zero-order valence-electron chi connectivity index (χ0n) is 18.4. The van der Waals surface area contributed by atoms with Gasteiger partial charge in [-0.05, 0) is 37.0 Å². The molecule has 3 aromatic rings. The smallest absolute Gasteiger partial charge is 0.393 e. The predicted octanol–water partition coefficient (Wildman–Crippen LogP) is 3.36. The lowest BCUT2D eigenvalue weighted by molar-refractivity contribution is -0.119. The molecule has 0 aromatic heterocycles. The quantitative estimate of drug-likeness (QED) is 0.269. The summed E-state index contributed by atoms with van der Waals surface area (Å²) >= 11 is 0. The number of carbonyl (C=O) groups is 2. The van der Waals surface area contributed by atoms with Crippen LogP contribution in [0.2, 0.25) is 0 Å². The molecule has 3 rings (SSSR count). The molecule has 0 fully saturated rings. The first-order valence-corrected chi connectivity index (χ1v) is 12.1. The topological polar surface area (TPSA) is 138 Å². The predicted molar refractivity (Wildman–Crippen MR) is 126 cm³/mol. The van der Waals surface area contributed by atoms with E-state index in [-0.39, 0.29) is 24.2 Å². The molecule has 0 aliphatic heterocycles. The van der Waals surface area contributed by atoms with Gasteiger partial charge in [0.2, 0.25) is 0 Å². The normalized spacial score (nSPS) is 13.4. The third-order valence-electron chi connectivity index (χ3n) is 5.64. The second-order valence-electron chi connectivity index (χ2n) is 8.25. The maximum Gasteiger partial charge on any atom is 0.393 e. The number of benzene rings is 3. The molecule has 3 aromatic carbocycles.